The summed E-state index contributed by atoms with van der Waals surface area (Å²) >= 11 is 5.74. The quantitative estimate of drug-likeness (QED) is 0.516. The van der Waals surface area contributed by atoms with Gasteiger partial charge in [-0.2, -0.15) is 5.10 Å². The number of rotatable bonds is 5. The topological polar surface area (TPSA) is 84.6 Å². The van der Waals surface area contributed by atoms with Crippen molar-refractivity contribution in [1.82, 2.24) is 5.43 Å². The molecule has 0 aliphatic heterocycles. The molecule has 7 heteroatoms. The van der Waals surface area contributed by atoms with Crippen molar-refractivity contribution in [3.63, 3.8) is 0 Å². The molecular formula is C16H12ClN3O3. The Morgan fingerprint density at radius 2 is 1.78 bits per heavy atom. The van der Waals surface area contributed by atoms with E-state index < -0.39 is 4.92 Å². The molecule has 0 aliphatic rings. The molecule has 2 rings (SSSR count). The summed E-state index contributed by atoms with van der Waals surface area (Å²) in [5.41, 5.74) is 3.64. The van der Waals surface area contributed by atoms with Crippen LogP contribution in [0.15, 0.2) is 59.7 Å². The van der Waals surface area contributed by atoms with Gasteiger partial charge in [0, 0.05) is 28.9 Å². The second kappa shape index (κ2) is 7.86. The van der Waals surface area contributed by atoms with Crippen LogP contribution in [0.1, 0.15) is 15.9 Å². The molecule has 2 aromatic rings. The number of non-ortho nitro benzene ring substituents is 1. The highest BCUT2D eigenvalue weighted by molar-refractivity contribution is 6.30. The van der Waals surface area contributed by atoms with Crippen molar-refractivity contribution in [2.45, 2.75) is 0 Å². The van der Waals surface area contributed by atoms with Crippen LogP contribution in [0.4, 0.5) is 5.69 Å². The summed E-state index contributed by atoms with van der Waals surface area (Å²) < 4.78 is 0. The molecule has 0 heterocycles. The van der Waals surface area contributed by atoms with Crippen molar-refractivity contribution in [3.8, 4) is 0 Å². The van der Waals surface area contributed by atoms with Crippen molar-refractivity contribution < 1.29 is 9.72 Å². The summed E-state index contributed by atoms with van der Waals surface area (Å²) in [5, 5.41) is 14.9. The lowest BCUT2D eigenvalue weighted by Crippen LogP contribution is -2.17. The molecule has 0 radical (unpaired) electrons. The predicted octanol–water partition coefficient (Wildman–Crippen LogP) is 3.68. The Morgan fingerprint density at radius 3 is 2.39 bits per heavy atom. The van der Waals surface area contributed by atoms with E-state index >= 15 is 0 Å². The van der Waals surface area contributed by atoms with Crippen LogP contribution in [0.3, 0.4) is 0 Å². The van der Waals surface area contributed by atoms with Crippen LogP contribution in [0.25, 0.3) is 6.08 Å². The van der Waals surface area contributed by atoms with Crippen molar-refractivity contribution in [1.29, 1.82) is 0 Å². The van der Waals surface area contributed by atoms with Gasteiger partial charge in [0.15, 0.2) is 0 Å². The van der Waals surface area contributed by atoms with Gasteiger partial charge in [-0.05, 0) is 48.0 Å². The summed E-state index contributed by atoms with van der Waals surface area (Å²) in [6, 6.07) is 12.5. The highest BCUT2D eigenvalue weighted by atomic mass is 35.5. The fraction of sp³-hybridized carbons (Fsp3) is 0. The fourth-order valence-corrected chi connectivity index (χ4v) is 1.79. The van der Waals surface area contributed by atoms with Gasteiger partial charge in [0.2, 0.25) is 0 Å². The molecule has 0 bridgehead atoms. The Bertz CT molecular complexity index is 753. The van der Waals surface area contributed by atoms with Gasteiger partial charge in [0.25, 0.3) is 11.6 Å². The van der Waals surface area contributed by atoms with E-state index in [9.17, 15) is 14.9 Å². The van der Waals surface area contributed by atoms with Gasteiger partial charge >= 0.3 is 0 Å². The van der Waals surface area contributed by atoms with E-state index in [-0.39, 0.29) is 11.6 Å². The average Bonchev–Trinajstić information content (AvgIpc) is 2.55. The van der Waals surface area contributed by atoms with Gasteiger partial charge in [-0.1, -0.05) is 17.7 Å². The van der Waals surface area contributed by atoms with E-state index in [0.29, 0.717) is 10.6 Å². The first-order chi connectivity index (χ1) is 11.1. The summed E-state index contributed by atoms with van der Waals surface area (Å²) in [5.74, 6) is -0.346. The Labute approximate surface area is 137 Å². The molecule has 2 aromatic carbocycles. The van der Waals surface area contributed by atoms with Crippen LogP contribution in [0.5, 0.6) is 0 Å². The SMILES string of the molecule is O=C(NN=CC=Cc1ccc([N+](=O)[O-])cc1)c1ccc(Cl)cc1. The van der Waals surface area contributed by atoms with Crippen LogP contribution < -0.4 is 5.43 Å². The largest absolute Gasteiger partial charge is 0.271 e. The van der Waals surface area contributed by atoms with Crippen molar-refractivity contribution >= 4 is 35.5 Å². The lowest BCUT2D eigenvalue weighted by Gasteiger charge is -1.98. The Balaban J connectivity index is 1.87. The maximum absolute atomic E-state index is 11.7. The number of nitrogens with one attached hydrogen (secondary N) is 1. The molecule has 0 aromatic heterocycles. The second-order valence-electron chi connectivity index (χ2n) is 4.43. The normalized spacial score (nSPS) is 11.0. The highest BCUT2D eigenvalue weighted by Gasteiger charge is 2.03. The number of carbonyl (C=O) groups is 1. The summed E-state index contributed by atoms with van der Waals surface area (Å²) in [6.45, 7) is 0. The minimum atomic E-state index is -0.457. The maximum atomic E-state index is 11.7. The van der Waals surface area contributed by atoms with Crippen molar-refractivity contribution in [3.05, 3.63) is 80.9 Å². The molecule has 1 amide bonds. The molecular weight excluding hydrogens is 318 g/mol. The fourth-order valence-electron chi connectivity index (χ4n) is 1.67. The first-order valence-electron chi connectivity index (χ1n) is 6.56. The van der Waals surface area contributed by atoms with Gasteiger partial charge in [-0.25, -0.2) is 5.43 Å². The van der Waals surface area contributed by atoms with Gasteiger partial charge < -0.3 is 0 Å². The average molecular weight is 330 g/mol. The van der Waals surface area contributed by atoms with E-state index in [4.69, 9.17) is 11.6 Å². The number of hydrogen-bond donors (Lipinski definition) is 1. The molecule has 6 nitrogen and oxygen atoms in total. The highest BCUT2D eigenvalue weighted by Crippen LogP contribution is 2.12. The standard InChI is InChI=1S/C16H12ClN3O3/c17-14-7-5-13(6-8-14)16(21)19-18-11-1-2-12-3-9-15(10-4-12)20(22)23/h1-11H,(H,19,21). The monoisotopic (exact) mass is 329 g/mol. The van der Waals surface area contributed by atoms with E-state index in [1.165, 1.54) is 18.3 Å². The van der Waals surface area contributed by atoms with Crippen LogP contribution in [-0.2, 0) is 0 Å². The number of amides is 1. The van der Waals surface area contributed by atoms with Crippen molar-refractivity contribution in [2.24, 2.45) is 5.10 Å². The first kappa shape index (κ1) is 16.4. The second-order valence-corrected chi connectivity index (χ2v) is 4.87. The van der Waals surface area contributed by atoms with Crippen LogP contribution in [-0.4, -0.2) is 17.0 Å². The maximum Gasteiger partial charge on any atom is 0.271 e. The molecule has 0 saturated heterocycles. The molecule has 0 atom stereocenters. The number of allylic oxidation sites excluding steroid dienone is 1. The molecule has 23 heavy (non-hydrogen) atoms. The first-order valence-corrected chi connectivity index (χ1v) is 6.94. The Hall–Kier alpha value is -2.99. The van der Waals surface area contributed by atoms with E-state index in [1.54, 1.807) is 48.6 Å². The molecule has 116 valence electrons. The number of nitrogens with zero attached hydrogens (tertiary/aromatic N) is 2. The van der Waals surface area contributed by atoms with Crippen LogP contribution >= 0.6 is 11.6 Å². The molecule has 1 N–H and O–H groups in total. The molecule has 0 saturated carbocycles. The third-order valence-corrected chi connectivity index (χ3v) is 3.08. The molecule has 0 spiro atoms. The lowest BCUT2D eigenvalue weighted by molar-refractivity contribution is -0.384. The number of nitro benzene ring substituents is 1. The predicted molar refractivity (Wildman–Crippen MR) is 89.5 cm³/mol. The van der Waals surface area contributed by atoms with Crippen LogP contribution in [0.2, 0.25) is 5.02 Å². The van der Waals surface area contributed by atoms with Gasteiger partial charge in [0.05, 0.1) is 4.92 Å². The van der Waals surface area contributed by atoms with E-state index in [2.05, 4.69) is 10.5 Å². The zero-order chi connectivity index (χ0) is 16.7. The zero-order valence-corrected chi connectivity index (χ0v) is 12.6. The molecule has 0 unspecified atom stereocenters. The number of halogens is 1. The number of hydrazone groups is 1. The smallest absolute Gasteiger partial charge is 0.267 e. The third kappa shape index (κ3) is 5.05. The molecule has 0 aliphatic carbocycles. The van der Waals surface area contributed by atoms with Gasteiger partial charge in [0.1, 0.15) is 0 Å². The molecule has 0 fully saturated rings. The van der Waals surface area contributed by atoms with Gasteiger partial charge in [-0.15, -0.1) is 0 Å². The van der Waals surface area contributed by atoms with E-state index in [0.717, 1.165) is 5.56 Å². The lowest BCUT2D eigenvalue weighted by atomic mass is 10.2. The summed E-state index contributed by atoms with van der Waals surface area (Å²) in [4.78, 5) is 21.8. The van der Waals surface area contributed by atoms with Crippen molar-refractivity contribution in [2.75, 3.05) is 0 Å². The van der Waals surface area contributed by atoms with Crippen LogP contribution in [0, 0.1) is 10.1 Å². The Morgan fingerprint density at radius 1 is 1.13 bits per heavy atom. The minimum absolute atomic E-state index is 0.0334. The number of nitro groups is 1. The minimum Gasteiger partial charge on any atom is -0.267 e. The van der Waals surface area contributed by atoms with Gasteiger partial charge in [-0.3, -0.25) is 14.9 Å². The summed E-state index contributed by atoms with van der Waals surface area (Å²) in [7, 11) is 0. The third-order valence-electron chi connectivity index (χ3n) is 2.83. The summed E-state index contributed by atoms with van der Waals surface area (Å²) in [6.07, 6.45) is 4.74. The number of benzene rings is 2. The Kier molecular flexibility index (Phi) is 5.60. The number of hydrogen-bond acceptors (Lipinski definition) is 4. The zero-order valence-electron chi connectivity index (χ0n) is 11.8. The number of carbonyl (C=O) groups excluding carboxylic acids is 1. The van der Waals surface area contributed by atoms with E-state index in [1.807, 2.05) is 0 Å².